The largest absolute Gasteiger partial charge is 0.349 e. The van der Waals surface area contributed by atoms with Crippen molar-refractivity contribution < 1.29 is 9.59 Å². The summed E-state index contributed by atoms with van der Waals surface area (Å²) in [7, 11) is 1.67. The van der Waals surface area contributed by atoms with Crippen LogP contribution in [0.25, 0.3) is 0 Å². The van der Waals surface area contributed by atoms with E-state index in [4.69, 9.17) is 5.41 Å². The summed E-state index contributed by atoms with van der Waals surface area (Å²) in [5.41, 5.74) is 0.992. The van der Waals surface area contributed by atoms with Crippen molar-refractivity contribution in [2.24, 2.45) is 5.92 Å². The van der Waals surface area contributed by atoms with Gasteiger partial charge >= 0.3 is 0 Å². The van der Waals surface area contributed by atoms with Gasteiger partial charge in [-0.1, -0.05) is 43.2 Å². The van der Waals surface area contributed by atoms with E-state index in [1.165, 1.54) is 10.5 Å². The van der Waals surface area contributed by atoms with E-state index in [9.17, 15) is 9.59 Å². The fourth-order valence-corrected chi connectivity index (χ4v) is 5.06. The number of nitrogens with zero attached hydrogens (tertiary/aromatic N) is 2. The first kappa shape index (κ1) is 22.0. The number of likely N-dealkylation sites (N-methyl/N-ethyl adjacent to an activating group) is 1. The maximum absolute atomic E-state index is 13.2. The second kappa shape index (κ2) is 9.51. The second-order valence-electron chi connectivity index (χ2n) is 9.05. The number of nitrogens with one attached hydrogen (secondary N) is 3. The smallest absolute Gasteiger partial charge is 0.254 e. The topological polar surface area (TPSA) is 98.2 Å². The zero-order chi connectivity index (χ0) is 22.6. The Kier molecular flexibility index (Phi) is 6.53. The Hall–Kier alpha value is -3.22. The highest BCUT2D eigenvalue weighted by atomic mass is 16.2. The average molecular weight is 434 g/mol. The summed E-state index contributed by atoms with van der Waals surface area (Å²) >= 11 is 0. The zero-order valence-electron chi connectivity index (χ0n) is 18.5. The minimum Gasteiger partial charge on any atom is -0.349 e. The van der Waals surface area contributed by atoms with Crippen LogP contribution >= 0.6 is 0 Å². The first-order chi connectivity index (χ1) is 15.5. The Morgan fingerprint density at radius 2 is 2.06 bits per heavy atom. The fourth-order valence-electron chi connectivity index (χ4n) is 5.06. The van der Waals surface area contributed by atoms with Crippen molar-refractivity contribution in [2.75, 3.05) is 7.05 Å². The molecule has 168 valence electrons. The molecule has 1 saturated heterocycles. The van der Waals surface area contributed by atoms with Gasteiger partial charge in [-0.05, 0) is 55.7 Å². The average Bonchev–Trinajstić information content (AvgIpc) is 3.03. The van der Waals surface area contributed by atoms with Gasteiger partial charge in [-0.15, -0.1) is 0 Å². The standard InChI is InChI=1S/C25H31N5O2/c1-30-23(32)25(29-24(30)26,13-12-18-7-3-2-4-8-18)16-19-9-5-11-21(15-19)28-22(31)20-10-6-14-27-17-20/h2-4,6-8,10,14,17,19,21H,5,9,11-13,15-16H2,1H3,(H2,26,29)(H,28,31)/t19-,21+,25+/m0/s1. The number of hydrogen-bond acceptors (Lipinski definition) is 4. The van der Waals surface area contributed by atoms with E-state index in [2.05, 4.69) is 27.8 Å². The molecule has 0 unspecified atom stereocenters. The maximum Gasteiger partial charge on any atom is 0.254 e. The molecule has 32 heavy (non-hydrogen) atoms. The molecule has 2 aromatic rings. The van der Waals surface area contributed by atoms with Gasteiger partial charge in [0.05, 0.1) is 5.56 Å². The lowest BCUT2D eigenvalue weighted by atomic mass is 9.75. The first-order valence-corrected chi connectivity index (χ1v) is 11.4. The second-order valence-corrected chi connectivity index (χ2v) is 9.05. The minimum atomic E-state index is -0.762. The fraction of sp³-hybridized carbons (Fsp3) is 0.440. The summed E-state index contributed by atoms with van der Waals surface area (Å²) in [4.78, 5) is 31.2. The molecular weight excluding hydrogens is 402 g/mol. The number of carbonyl (C=O) groups excluding carboxylic acids is 2. The lowest BCUT2D eigenvalue weighted by Gasteiger charge is -2.36. The summed E-state index contributed by atoms with van der Waals surface area (Å²) in [5, 5.41) is 14.6. The van der Waals surface area contributed by atoms with E-state index in [1.807, 2.05) is 18.2 Å². The normalized spacial score (nSPS) is 25.5. The number of rotatable bonds is 7. The van der Waals surface area contributed by atoms with Crippen LogP contribution in [0, 0.1) is 11.3 Å². The number of aromatic nitrogens is 1. The van der Waals surface area contributed by atoms with Crippen molar-refractivity contribution in [2.45, 2.75) is 56.5 Å². The van der Waals surface area contributed by atoms with Gasteiger partial charge in [0.15, 0.2) is 5.96 Å². The quantitative estimate of drug-likeness (QED) is 0.625. The molecule has 1 aromatic heterocycles. The van der Waals surface area contributed by atoms with Gasteiger partial charge in [-0.3, -0.25) is 24.9 Å². The molecule has 2 aliphatic rings. The number of aryl methyl sites for hydroxylation is 1. The van der Waals surface area contributed by atoms with Gasteiger partial charge in [0, 0.05) is 25.5 Å². The van der Waals surface area contributed by atoms with Crippen molar-refractivity contribution >= 4 is 17.8 Å². The van der Waals surface area contributed by atoms with Crippen LogP contribution < -0.4 is 10.6 Å². The molecule has 2 fully saturated rings. The Labute approximate surface area is 189 Å². The predicted octanol–water partition coefficient (Wildman–Crippen LogP) is 3.13. The van der Waals surface area contributed by atoms with Crippen LogP contribution in [-0.2, 0) is 11.2 Å². The van der Waals surface area contributed by atoms with Crippen LogP contribution in [0.5, 0.6) is 0 Å². The molecule has 0 spiro atoms. The lowest BCUT2D eigenvalue weighted by molar-refractivity contribution is -0.131. The van der Waals surface area contributed by atoms with Crippen molar-refractivity contribution in [1.29, 1.82) is 5.41 Å². The van der Waals surface area contributed by atoms with Crippen molar-refractivity contribution in [3.8, 4) is 0 Å². The Morgan fingerprint density at radius 1 is 1.25 bits per heavy atom. The lowest BCUT2D eigenvalue weighted by Crippen LogP contribution is -2.50. The number of pyridine rings is 1. The van der Waals surface area contributed by atoms with E-state index < -0.39 is 5.54 Å². The molecule has 7 nitrogen and oxygen atoms in total. The van der Waals surface area contributed by atoms with Crippen LogP contribution in [0.4, 0.5) is 0 Å². The summed E-state index contributed by atoms with van der Waals surface area (Å²) < 4.78 is 0. The minimum absolute atomic E-state index is 0.0278. The number of hydrogen-bond donors (Lipinski definition) is 3. The summed E-state index contributed by atoms with van der Waals surface area (Å²) in [6.45, 7) is 0. The first-order valence-electron chi connectivity index (χ1n) is 11.4. The third-order valence-corrected chi connectivity index (χ3v) is 6.77. The maximum atomic E-state index is 13.2. The van der Waals surface area contributed by atoms with E-state index in [0.29, 0.717) is 24.3 Å². The van der Waals surface area contributed by atoms with Crippen molar-refractivity contribution in [1.82, 2.24) is 20.5 Å². The molecule has 0 radical (unpaired) electrons. The number of guanidine groups is 1. The molecule has 1 saturated carbocycles. The van der Waals surface area contributed by atoms with Crippen LogP contribution in [0.15, 0.2) is 54.9 Å². The molecule has 4 rings (SSSR count). The number of amides is 2. The summed E-state index contributed by atoms with van der Waals surface area (Å²) in [6.07, 6.45) is 9.14. The molecular formula is C25H31N5O2. The third kappa shape index (κ3) is 4.82. The van der Waals surface area contributed by atoms with Gasteiger partial charge in [0.1, 0.15) is 5.54 Å². The van der Waals surface area contributed by atoms with Gasteiger partial charge in [-0.2, -0.15) is 0 Å². The van der Waals surface area contributed by atoms with Crippen LogP contribution in [0.2, 0.25) is 0 Å². The van der Waals surface area contributed by atoms with Crippen molar-refractivity contribution in [3.63, 3.8) is 0 Å². The third-order valence-electron chi connectivity index (χ3n) is 6.77. The number of carbonyl (C=O) groups is 2. The van der Waals surface area contributed by atoms with E-state index in [1.54, 1.807) is 31.6 Å². The molecule has 7 heteroatoms. The molecule has 0 bridgehead atoms. The van der Waals surface area contributed by atoms with Gasteiger partial charge in [0.2, 0.25) is 0 Å². The van der Waals surface area contributed by atoms with Crippen LogP contribution in [0.1, 0.15) is 54.4 Å². The zero-order valence-corrected chi connectivity index (χ0v) is 18.5. The highest BCUT2D eigenvalue weighted by molar-refractivity contribution is 6.07. The van der Waals surface area contributed by atoms with Crippen molar-refractivity contribution in [3.05, 3.63) is 66.0 Å². The molecule has 1 aliphatic heterocycles. The van der Waals surface area contributed by atoms with Gasteiger partial charge < -0.3 is 10.6 Å². The Morgan fingerprint density at radius 3 is 2.75 bits per heavy atom. The number of benzene rings is 1. The molecule has 2 heterocycles. The molecule has 3 N–H and O–H groups in total. The molecule has 2 amide bonds. The Bertz CT molecular complexity index is 965. The Balaban J connectivity index is 1.44. The predicted molar refractivity (Wildman–Crippen MR) is 123 cm³/mol. The van der Waals surface area contributed by atoms with Gasteiger partial charge in [-0.25, -0.2) is 0 Å². The van der Waals surface area contributed by atoms with Crippen LogP contribution in [-0.4, -0.2) is 46.3 Å². The summed E-state index contributed by atoms with van der Waals surface area (Å²) in [6, 6.07) is 13.8. The molecule has 1 aromatic carbocycles. The highest BCUT2D eigenvalue weighted by Gasteiger charge is 2.49. The van der Waals surface area contributed by atoms with E-state index in [-0.39, 0.29) is 23.8 Å². The van der Waals surface area contributed by atoms with E-state index in [0.717, 1.165) is 32.1 Å². The monoisotopic (exact) mass is 433 g/mol. The van der Waals surface area contributed by atoms with Crippen LogP contribution in [0.3, 0.4) is 0 Å². The summed E-state index contributed by atoms with van der Waals surface area (Å²) in [5.74, 6) is 0.342. The molecule has 1 aliphatic carbocycles. The van der Waals surface area contributed by atoms with Gasteiger partial charge in [0.25, 0.3) is 11.8 Å². The molecule has 3 atom stereocenters. The SMILES string of the molecule is CN1C(=N)N[C@](CCc2ccccc2)(C[C@H]2CCC[C@@H](NC(=O)c3cccnc3)C2)C1=O. The highest BCUT2D eigenvalue weighted by Crippen LogP contribution is 2.36. The van der Waals surface area contributed by atoms with E-state index >= 15 is 0 Å².